The van der Waals surface area contributed by atoms with E-state index < -0.39 is 0 Å². The maximum Gasteiger partial charge on any atom is 0.194 e. The van der Waals surface area contributed by atoms with Crippen molar-refractivity contribution in [3.63, 3.8) is 0 Å². The summed E-state index contributed by atoms with van der Waals surface area (Å²) in [5, 5.41) is 3.53. The van der Waals surface area contributed by atoms with E-state index in [1.807, 2.05) is 0 Å². The molecule has 0 fully saturated rings. The van der Waals surface area contributed by atoms with E-state index >= 15 is 0 Å². The van der Waals surface area contributed by atoms with E-state index in [0.29, 0.717) is 6.04 Å². The lowest BCUT2D eigenvalue weighted by Gasteiger charge is -2.13. The zero-order chi connectivity index (χ0) is 13.1. The van der Waals surface area contributed by atoms with Crippen LogP contribution in [0.5, 0.6) is 0 Å². The van der Waals surface area contributed by atoms with Crippen LogP contribution in [0.2, 0.25) is 0 Å². The van der Waals surface area contributed by atoms with Crippen LogP contribution in [-0.4, -0.2) is 29.1 Å². The lowest BCUT2D eigenvalue weighted by atomic mass is 10.2. The van der Waals surface area contributed by atoms with Gasteiger partial charge in [-0.25, -0.2) is 4.98 Å². The minimum atomic E-state index is 0.453. The summed E-state index contributed by atoms with van der Waals surface area (Å²) in [6, 6.07) is 0.453. The molecule has 0 aliphatic heterocycles. The second kappa shape index (κ2) is 5.82. The molecule has 0 radical (unpaired) electrons. The monoisotopic (exact) mass is 267 g/mol. The largest absolute Gasteiger partial charge is 0.385 e. The van der Waals surface area contributed by atoms with Crippen molar-refractivity contribution in [2.24, 2.45) is 0 Å². The smallest absolute Gasteiger partial charge is 0.194 e. The van der Waals surface area contributed by atoms with Gasteiger partial charge in [0, 0.05) is 37.4 Å². The Bertz CT molecular complexity index is 518. The molecule has 1 unspecified atom stereocenters. The highest BCUT2D eigenvalue weighted by molar-refractivity contribution is 7.17. The van der Waals surface area contributed by atoms with Crippen molar-refractivity contribution in [2.45, 2.75) is 39.8 Å². The number of aromatic nitrogens is 2. The Balaban J connectivity index is 2.04. The van der Waals surface area contributed by atoms with Gasteiger partial charge in [-0.05, 0) is 27.2 Å². The summed E-state index contributed by atoms with van der Waals surface area (Å²) >= 11 is 1.74. The van der Waals surface area contributed by atoms with Crippen LogP contribution in [0.3, 0.4) is 0 Å². The van der Waals surface area contributed by atoms with E-state index in [2.05, 4.69) is 41.7 Å². The molecule has 2 aromatic heterocycles. The maximum atomic E-state index is 5.09. The standard InChI is InChI=1S/C13H21N3OS/c1-9(5-6-17-4)14-7-12-11(3)15-13-16(12)8-10(2)18-13/h8-9,14H,5-7H2,1-4H3. The van der Waals surface area contributed by atoms with Gasteiger partial charge in [-0.3, -0.25) is 4.40 Å². The van der Waals surface area contributed by atoms with E-state index in [-0.39, 0.29) is 0 Å². The molecule has 5 heteroatoms. The zero-order valence-electron chi connectivity index (χ0n) is 11.5. The highest BCUT2D eigenvalue weighted by Gasteiger charge is 2.11. The fourth-order valence-corrected chi connectivity index (χ4v) is 2.88. The molecule has 0 aromatic carbocycles. The number of fused-ring (bicyclic) bond motifs is 1. The van der Waals surface area contributed by atoms with Crippen molar-refractivity contribution in [3.05, 3.63) is 22.5 Å². The number of rotatable bonds is 6. The van der Waals surface area contributed by atoms with Crippen LogP contribution >= 0.6 is 11.3 Å². The van der Waals surface area contributed by atoms with Crippen LogP contribution in [-0.2, 0) is 11.3 Å². The van der Waals surface area contributed by atoms with Crippen molar-refractivity contribution in [2.75, 3.05) is 13.7 Å². The summed E-state index contributed by atoms with van der Waals surface area (Å²) in [6.07, 6.45) is 3.19. The number of imidazole rings is 1. The number of ether oxygens (including phenoxy) is 1. The predicted octanol–water partition coefficient (Wildman–Crippen LogP) is 2.53. The predicted molar refractivity (Wildman–Crippen MR) is 75.3 cm³/mol. The Morgan fingerprint density at radius 3 is 3.00 bits per heavy atom. The van der Waals surface area contributed by atoms with Crippen molar-refractivity contribution >= 4 is 16.3 Å². The summed E-state index contributed by atoms with van der Waals surface area (Å²) in [4.78, 5) is 6.98. The first-order chi connectivity index (χ1) is 8.61. The zero-order valence-corrected chi connectivity index (χ0v) is 12.3. The minimum Gasteiger partial charge on any atom is -0.385 e. The van der Waals surface area contributed by atoms with Crippen molar-refractivity contribution in [1.29, 1.82) is 0 Å². The lowest BCUT2D eigenvalue weighted by Crippen LogP contribution is -2.27. The molecule has 2 rings (SSSR count). The Morgan fingerprint density at radius 2 is 2.28 bits per heavy atom. The van der Waals surface area contributed by atoms with Crippen LogP contribution < -0.4 is 5.32 Å². The Hall–Kier alpha value is -0.910. The quantitative estimate of drug-likeness (QED) is 0.874. The van der Waals surface area contributed by atoms with Gasteiger partial charge in [-0.2, -0.15) is 0 Å². The summed E-state index contributed by atoms with van der Waals surface area (Å²) in [7, 11) is 1.74. The van der Waals surface area contributed by atoms with Crippen LogP contribution in [0.1, 0.15) is 29.6 Å². The summed E-state index contributed by atoms with van der Waals surface area (Å²) in [6.45, 7) is 8.03. The van der Waals surface area contributed by atoms with Gasteiger partial charge in [-0.1, -0.05) is 0 Å². The number of thiazole rings is 1. The summed E-state index contributed by atoms with van der Waals surface area (Å²) < 4.78 is 7.29. The summed E-state index contributed by atoms with van der Waals surface area (Å²) in [5.41, 5.74) is 2.38. The van der Waals surface area contributed by atoms with Crippen LogP contribution in [0, 0.1) is 13.8 Å². The molecule has 1 atom stereocenters. The van der Waals surface area contributed by atoms with Crippen LogP contribution in [0.4, 0.5) is 0 Å². The minimum absolute atomic E-state index is 0.453. The van der Waals surface area contributed by atoms with Crippen LogP contribution in [0.15, 0.2) is 6.20 Å². The molecule has 0 aliphatic carbocycles. The Labute approximate surface area is 112 Å². The molecule has 0 aliphatic rings. The fourth-order valence-electron chi connectivity index (χ4n) is 1.99. The number of hydrogen-bond donors (Lipinski definition) is 1. The highest BCUT2D eigenvalue weighted by Crippen LogP contribution is 2.20. The third-order valence-electron chi connectivity index (χ3n) is 3.11. The Kier molecular flexibility index (Phi) is 4.37. The molecule has 0 saturated heterocycles. The molecule has 0 amide bonds. The molecule has 0 saturated carbocycles. The van der Waals surface area contributed by atoms with E-state index in [1.165, 1.54) is 10.6 Å². The fraction of sp³-hybridized carbons (Fsp3) is 0.615. The van der Waals surface area contributed by atoms with Gasteiger partial charge < -0.3 is 10.1 Å². The van der Waals surface area contributed by atoms with Gasteiger partial charge in [0.1, 0.15) is 0 Å². The number of nitrogens with zero attached hydrogens (tertiary/aromatic N) is 2. The van der Waals surface area contributed by atoms with Gasteiger partial charge in [0.25, 0.3) is 0 Å². The Morgan fingerprint density at radius 1 is 1.50 bits per heavy atom. The normalized spacial score (nSPS) is 13.3. The first kappa shape index (κ1) is 13.5. The van der Waals surface area contributed by atoms with Gasteiger partial charge in [0.2, 0.25) is 0 Å². The average Bonchev–Trinajstić information content (AvgIpc) is 2.79. The molecular formula is C13H21N3OS. The number of methoxy groups -OCH3 is 1. The first-order valence-corrected chi connectivity index (χ1v) is 7.09. The third kappa shape index (κ3) is 2.91. The molecule has 18 heavy (non-hydrogen) atoms. The second-order valence-electron chi connectivity index (χ2n) is 4.70. The highest BCUT2D eigenvalue weighted by atomic mass is 32.1. The molecule has 0 spiro atoms. The molecule has 4 nitrogen and oxygen atoms in total. The number of aryl methyl sites for hydroxylation is 2. The lowest BCUT2D eigenvalue weighted by molar-refractivity contribution is 0.184. The van der Waals surface area contributed by atoms with Crippen molar-refractivity contribution in [1.82, 2.24) is 14.7 Å². The summed E-state index contributed by atoms with van der Waals surface area (Å²) in [5.74, 6) is 0. The maximum absolute atomic E-state index is 5.09. The van der Waals surface area contributed by atoms with Crippen molar-refractivity contribution < 1.29 is 4.74 Å². The van der Waals surface area contributed by atoms with Crippen molar-refractivity contribution in [3.8, 4) is 0 Å². The molecule has 1 N–H and O–H groups in total. The molecule has 100 valence electrons. The van der Waals surface area contributed by atoms with E-state index in [4.69, 9.17) is 4.74 Å². The van der Waals surface area contributed by atoms with Gasteiger partial charge in [0.05, 0.1) is 11.4 Å². The third-order valence-corrected chi connectivity index (χ3v) is 4.01. The molecular weight excluding hydrogens is 246 g/mol. The molecule has 0 bridgehead atoms. The molecule has 2 heterocycles. The first-order valence-electron chi connectivity index (χ1n) is 6.28. The van der Waals surface area contributed by atoms with E-state index in [1.54, 1.807) is 18.4 Å². The van der Waals surface area contributed by atoms with Gasteiger partial charge in [0.15, 0.2) is 4.96 Å². The topological polar surface area (TPSA) is 38.6 Å². The SMILES string of the molecule is COCCC(C)NCc1c(C)nc2sc(C)cn12. The van der Waals surface area contributed by atoms with Crippen LogP contribution in [0.25, 0.3) is 4.96 Å². The van der Waals surface area contributed by atoms with Gasteiger partial charge >= 0.3 is 0 Å². The average molecular weight is 267 g/mol. The second-order valence-corrected chi connectivity index (χ2v) is 5.91. The molecule has 2 aromatic rings. The van der Waals surface area contributed by atoms with E-state index in [0.717, 1.165) is 30.2 Å². The van der Waals surface area contributed by atoms with E-state index in [9.17, 15) is 0 Å². The number of nitrogens with one attached hydrogen (secondary N) is 1. The number of hydrogen-bond acceptors (Lipinski definition) is 4. The van der Waals surface area contributed by atoms with Gasteiger partial charge in [-0.15, -0.1) is 11.3 Å².